The van der Waals surface area contributed by atoms with Crippen molar-refractivity contribution in [3.05, 3.63) is 59.7 Å². The minimum Gasteiger partial charge on any atom is -0.481 e. The van der Waals surface area contributed by atoms with E-state index in [1.54, 1.807) is 0 Å². The van der Waals surface area contributed by atoms with Gasteiger partial charge in [0.1, 0.15) is 5.82 Å². The van der Waals surface area contributed by atoms with Crippen molar-refractivity contribution in [3.63, 3.8) is 0 Å². The number of nitrogens with one attached hydrogen (secondary N) is 1. The van der Waals surface area contributed by atoms with E-state index in [2.05, 4.69) is 5.32 Å². The van der Waals surface area contributed by atoms with Crippen molar-refractivity contribution in [1.82, 2.24) is 0 Å². The normalized spacial score (nSPS) is 11.2. The van der Waals surface area contributed by atoms with Crippen molar-refractivity contribution in [2.24, 2.45) is 0 Å². The maximum Gasteiger partial charge on any atom is 0.416 e. The highest BCUT2D eigenvalue weighted by Crippen LogP contribution is 2.29. The van der Waals surface area contributed by atoms with Gasteiger partial charge in [-0.15, -0.1) is 0 Å². The van der Waals surface area contributed by atoms with Gasteiger partial charge >= 0.3 is 6.18 Å². The fourth-order valence-electron chi connectivity index (χ4n) is 1.68. The molecule has 2 aromatic rings. The van der Waals surface area contributed by atoms with Crippen LogP contribution in [0.15, 0.2) is 42.5 Å². The molecule has 0 fully saturated rings. The van der Waals surface area contributed by atoms with E-state index in [-0.39, 0.29) is 11.4 Å². The molecule has 0 atom stereocenters. The van der Waals surface area contributed by atoms with Gasteiger partial charge in [0.15, 0.2) is 18.2 Å². The molecule has 0 saturated heterocycles. The summed E-state index contributed by atoms with van der Waals surface area (Å²) in [6, 6.07) is 6.38. The molecule has 23 heavy (non-hydrogen) atoms. The Bertz CT molecular complexity index is 698. The standard InChI is InChI=1S/C15H10F5NO2/c16-10-3-6-13(12(17)7-10)23-8-14(22)21-11-4-1-9(2-5-11)15(18,19)20/h1-7H,8H2,(H,21,22). The molecule has 2 rings (SSSR count). The SMILES string of the molecule is O=C(COc1ccc(F)cc1F)Nc1ccc(C(F)(F)F)cc1. The second kappa shape index (κ2) is 6.64. The Balaban J connectivity index is 1.92. The Morgan fingerprint density at radius 1 is 1.04 bits per heavy atom. The fourth-order valence-corrected chi connectivity index (χ4v) is 1.68. The Hall–Kier alpha value is -2.64. The Morgan fingerprint density at radius 3 is 2.26 bits per heavy atom. The summed E-state index contributed by atoms with van der Waals surface area (Å²) in [6.07, 6.45) is -4.47. The monoisotopic (exact) mass is 331 g/mol. The number of carbonyl (C=O) groups excluding carboxylic acids is 1. The highest BCUT2D eigenvalue weighted by molar-refractivity contribution is 5.91. The summed E-state index contributed by atoms with van der Waals surface area (Å²) < 4.78 is 68.0. The van der Waals surface area contributed by atoms with Gasteiger partial charge in [0.25, 0.3) is 5.91 Å². The quantitative estimate of drug-likeness (QED) is 0.860. The third-order valence-electron chi connectivity index (χ3n) is 2.75. The van der Waals surface area contributed by atoms with Gasteiger partial charge in [-0.25, -0.2) is 8.78 Å². The first-order valence-electron chi connectivity index (χ1n) is 6.30. The summed E-state index contributed by atoms with van der Waals surface area (Å²) in [7, 11) is 0. The van der Waals surface area contributed by atoms with Gasteiger partial charge in [-0.3, -0.25) is 4.79 Å². The van der Waals surface area contributed by atoms with Crippen LogP contribution in [0.5, 0.6) is 5.75 Å². The van der Waals surface area contributed by atoms with Gasteiger partial charge in [-0.1, -0.05) is 0 Å². The zero-order valence-corrected chi connectivity index (χ0v) is 11.5. The number of hydrogen-bond acceptors (Lipinski definition) is 2. The lowest BCUT2D eigenvalue weighted by molar-refractivity contribution is -0.137. The highest BCUT2D eigenvalue weighted by atomic mass is 19.4. The maximum atomic E-state index is 13.3. The average Bonchev–Trinajstić information content (AvgIpc) is 2.46. The zero-order valence-electron chi connectivity index (χ0n) is 11.5. The van der Waals surface area contributed by atoms with Crippen LogP contribution in [0.3, 0.4) is 0 Å². The molecule has 122 valence electrons. The molecule has 0 unspecified atom stereocenters. The van der Waals surface area contributed by atoms with Crippen LogP contribution in [-0.4, -0.2) is 12.5 Å². The predicted octanol–water partition coefficient (Wildman–Crippen LogP) is 4.00. The number of benzene rings is 2. The summed E-state index contributed by atoms with van der Waals surface area (Å²) in [5.41, 5.74) is -0.716. The Morgan fingerprint density at radius 2 is 1.70 bits per heavy atom. The van der Waals surface area contributed by atoms with Crippen molar-refractivity contribution in [3.8, 4) is 5.75 Å². The van der Waals surface area contributed by atoms with Crippen LogP contribution >= 0.6 is 0 Å². The van der Waals surface area contributed by atoms with E-state index in [9.17, 15) is 26.7 Å². The molecule has 0 aliphatic heterocycles. The van der Waals surface area contributed by atoms with Gasteiger partial charge in [-0.2, -0.15) is 13.2 Å². The van der Waals surface area contributed by atoms with E-state index in [0.29, 0.717) is 6.07 Å². The Labute approximate surface area is 127 Å². The van der Waals surface area contributed by atoms with Crippen LogP contribution in [0.2, 0.25) is 0 Å². The first kappa shape index (κ1) is 16.7. The third kappa shape index (κ3) is 4.67. The highest BCUT2D eigenvalue weighted by Gasteiger charge is 2.29. The van der Waals surface area contributed by atoms with Gasteiger partial charge in [-0.05, 0) is 36.4 Å². The predicted molar refractivity (Wildman–Crippen MR) is 71.9 cm³/mol. The summed E-state index contributed by atoms with van der Waals surface area (Å²) >= 11 is 0. The number of hydrogen-bond donors (Lipinski definition) is 1. The first-order valence-corrected chi connectivity index (χ1v) is 6.30. The molecule has 3 nitrogen and oxygen atoms in total. The van der Waals surface area contributed by atoms with E-state index in [0.717, 1.165) is 36.4 Å². The van der Waals surface area contributed by atoms with Gasteiger partial charge in [0.05, 0.1) is 5.56 Å². The van der Waals surface area contributed by atoms with Gasteiger partial charge in [0, 0.05) is 11.8 Å². The molecule has 0 saturated carbocycles. The molecule has 0 aromatic heterocycles. The molecule has 0 bridgehead atoms. The fraction of sp³-hybridized carbons (Fsp3) is 0.133. The number of alkyl halides is 3. The minimum atomic E-state index is -4.47. The number of amides is 1. The summed E-state index contributed by atoms with van der Waals surface area (Å²) in [6.45, 7) is -0.580. The Kier molecular flexibility index (Phi) is 4.83. The molecule has 0 spiro atoms. The van der Waals surface area contributed by atoms with Crippen LogP contribution in [0.1, 0.15) is 5.56 Å². The summed E-state index contributed by atoms with van der Waals surface area (Å²) in [5, 5.41) is 2.29. The van der Waals surface area contributed by atoms with Crippen molar-refractivity contribution >= 4 is 11.6 Å². The topological polar surface area (TPSA) is 38.3 Å². The molecule has 0 radical (unpaired) electrons. The number of ether oxygens (including phenoxy) is 1. The molecule has 2 aromatic carbocycles. The van der Waals surface area contributed by atoms with Crippen LogP contribution in [0.25, 0.3) is 0 Å². The van der Waals surface area contributed by atoms with E-state index in [1.807, 2.05) is 0 Å². The van der Waals surface area contributed by atoms with Crippen molar-refractivity contribution in [2.45, 2.75) is 6.18 Å². The lowest BCUT2D eigenvalue weighted by atomic mass is 10.2. The lowest BCUT2D eigenvalue weighted by Gasteiger charge is -2.10. The molecular formula is C15H10F5NO2. The van der Waals surface area contributed by atoms with E-state index in [1.165, 1.54) is 0 Å². The summed E-state index contributed by atoms with van der Waals surface area (Å²) in [4.78, 5) is 11.6. The molecule has 1 N–H and O–H groups in total. The first-order chi connectivity index (χ1) is 10.8. The smallest absolute Gasteiger partial charge is 0.416 e. The molecular weight excluding hydrogens is 321 g/mol. The number of rotatable bonds is 4. The van der Waals surface area contributed by atoms with Crippen molar-refractivity contribution < 1.29 is 31.5 Å². The second-order valence-electron chi connectivity index (χ2n) is 4.49. The second-order valence-corrected chi connectivity index (χ2v) is 4.49. The van der Waals surface area contributed by atoms with E-state index >= 15 is 0 Å². The van der Waals surface area contributed by atoms with Crippen LogP contribution in [0, 0.1) is 11.6 Å². The minimum absolute atomic E-state index is 0.131. The molecule has 0 aliphatic rings. The number of carbonyl (C=O) groups is 1. The molecule has 0 heterocycles. The maximum absolute atomic E-state index is 13.3. The van der Waals surface area contributed by atoms with Gasteiger partial charge < -0.3 is 10.1 Å². The molecule has 8 heteroatoms. The lowest BCUT2D eigenvalue weighted by Crippen LogP contribution is -2.20. The number of anilines is 1. The van der Waals surface area contributed by atoms with E-state index in [4.69, 9.17) is 4.74 Å². The third-order valence-corrected chi connectivity index (χ3v) is 2.75. The molecule has 0 aliphatic carbocycles. The molecule has 1 amide bonds. The summed E-state index contributed by atoms with van der Waals surface area (Å²) in [5.74, 6) is -2.76. The van der Waals surface area contributed by atoms with Crippen molar-refractivity contribution in [2.75, 3.05) is 11.9 Å². The average molecular weight is 331 g/mol. The van der Waals surface area contributed by atoms with Crippen molar-refractivity contribution in [1.29, 1.82) is 0 Å². The van der Waals surface area contributed by atoms with Crippen LogP contribution in [0.4, 0.5) is 27.6 Å². The van der Waals surface area contributed by atoms with Crippen LogP contribution < -0.4 is 10.1 Å². The zero-order chi connectivity index (χ0) is 17.0. The number of halogens is 5. The largest absolute Gasteiger partial charge is 0.481 e. The van der Waals surface area contributed by atoms with E-state index < -0.39 is 35.9 Å². The van der Waals surface area contributed by atoms with Crippen LogP contribution in [-0.2, 0) is 11.0 Å². The van der Waals surface area contributed by atoms with Gasteiger partial charge in [0.2, 0.25) is 0 Å².